The van der Waals surface area contributed by atoms with Crippen LogP contribution < -0.4 is 4.18 Å². The van der Waals surface area contributed by atoms with E-state index in [1.165, 1.54) is 31.4 Å². The van der Waals surface area contributed by atoms with Gasteiger partial charge in [-0.15, -0.1) is 0 Å². The van der Waals surface area contributed by atoms with Crippen molar-refractivity contribution in [1.29, 1.82) is 0 Å². The number of methoxy groups -OCH3 is 1. The van der Waals surface area contributed by atoms with Crippen molar-refractivity contribution in [3.63, 3.8) is 0 Å². The van der Waals surface area contributed by atoms with Gasteiger partial charge in [0.25, 0.3) is 0 Å². The molecular weight excluding hydrogens is 328 g/mol. The summed E-state index contributed by atoms with van der Waals surface area (Å²) >= 11 is 0. The first kappa shape index (κ1) is 18.0. The molecule has 0 fully saturated rings. The van der Waals surface area contributed by atoms with Gasteiger partial charge < -0.3 is 8.92 Å². The highest BCUT2D eigenvalue weighted by molar-refractivity contribution is 7.87. The molecule has 0 aliphatic heterocycles. The van der Waals surface area contributed by atoms with Gasteiger partial charge in [0.2, 0.25) is 0 Å². The monoisotopic (exact) mass is 348 g/mol. The second-order valence-electron chi connectivity index (χ2n) is 5.73. The summed E-state index contributed by atoms with van der Waals surface area (Å²) in [6.07, 6.45) is 0. The topological polar surface area (TPSA) is 69.7 Å². The van der Waals surface area contributed by atoms with Crippen LogP contribution in [-0.4, -0.2) is 21.5 Å². The summed E-state index contributed by atoms with van der Waals surface area (Å²) in [7, 11) is -2.72. The highest BCUT2D eigenvalue weighted by Crippen LogP contribution is 2.27. The molecule has 0 radical (unpaired) electrons. The zero-order valence-corrected chi connectivity index (χ0v) is 14.9. The number of ether oxygens (including phenoxy) is 1. The SMILES string of the molecule is COC(=O)c1ccc(S(=O)(=O)Oc2cc(C(C)C)ccc2C)cc1. The third kappa shape index (κ3) is 3.94. The van der Waals surface area contributed by atoms with Crippen molar-refractivity contribution in [2.24, 2.45) is 0 Å². The van der Waals surface area contributed by atoms with Crippen LogP contribution >= 0.6 is 0 Å². The van der Waals surface area contributed by atoms with E-state index < -0.39 is 16.1 Å². The molecule has 0 amide bonds. The van der Waals surface area contributed by atoms with Gasteiger partial charge in [0.05, 0.1) is 12.7 Å². The van der Waals surface area contributed by atoms with E-state index in [9.17, 15) is 13.2 Å². The quantitative estimate of drug-likeness (QED) is 0.609. The van der Waals surface area contributed by atoms with Crippen LogP contribution in [0.3, 0.4) is 0 Å². The average molecular weight is 348 g/mol. The molecule has 24 heavy (non-hydrogen) atoms. The van der Waals surface area contributed by atoms with Crippen molar-refractivity contribution in [3.05, 3.63) is 59.2 Å². The number of hydrogen-bond acceptors (Lipinski definition) is 5. The predicted octanol–water partition coefficient (Wildman–Crippen LogP) is 3.67. The average Bonchev–Trinajstić information content (AvgIpc) is 2.55. The summed E-state index contributed by atoms with van der Waals surface area (Å²) in [6, 6.07) is 10.9. The molecule has 0 aliphatic rings. The number of esters is 1. The second kappa shape index (κ2) is 7.05. The molecule has 0 N–H and O–H groups in total. The predicted molar refractivity (Wildman–Crippen MR) is 90.9 cm³/mol. The molecule has 0 saturated heterocycles. The fourth-order valence-corrected chi connectivity index (χ4v) is 3.09. The van der Waals surface area contributed by atoms with Crippen molar-refractivity contribution in [2.75, 3.05) is 7.11 Å². The van der Waals surface area contributed by atoms with Gasteiger partial charge in [-0.05, 0) is 54.3 Å². The Morgan fingerprint density at radius 3 is 2.21 bits per heavy atom. The van der Waals surface area contributed by atoms with Crippen molar-refractivity contribution < 1.29 is 22.1 Å². The van der Waals surface area contributed by atoms with Gasteiger partial charge >= 0.3 is 16.1 Å². The highest BCUT2D eigenvalue weighted by atomic mass is 32.2. The van der Waals surface area contributed by atoms with Gasteiger partial charge in [0, 0.05) is 0 Å². The zero-order valence-electron chi connectivity index (χ0n) is 14.1. The van der Waals surface area contributed by atoms with Gasteiger partial charge in [-0.2, -0.15) is 8.42 Å². The molecule has 5 nitrogen and oxygen atoms in total. The molecule has 0 atom stereocenters. The number of benzene rings is 2. The summed E-state index contributed by atoms with van der Waals surface area (Å²) in [5, 5.41) is 0. The molecule has 2 rings (SSSR count). The first-order valence-electron chi connectivity index (χ1n) is 7.48. The molecule has 0 saturated carbocycles. The number of hydrogen-bond donors (Lipinski definition) is 0. The van der Waals surface area contributed by atoms with E-state index >= 15 is 0 Å². The maximum absolute atomic E-state index is 12.4. The summed E-state index contributed by atoms with van der Waals surface area (Å²) in [5.41, 5.74) is 2.00. The van der Waals surface area contributed by atoms with E-state index in [-0.39, 0.29) is 16.4 Å². The van der Waals surface area contributed by atoms with Crippen molar-refractivity contribution in [2.45, 2.75) is 31.6 Å². The first-order valence-corrected chi connectivity index (χ1v) is 8.89. The summed E-state index contributed by atoms with van der Waals surface area (Å²) in [6.45, 7) is 5.83. The van der Waals surface area contributed by atoms with E-state index in [2.05, 4.69) is 4.74 Å². The van der Waals surface area contributed by atoms with E-state index in [1.807, 2.05) is 26.0 Å². The fraction of sp³-hybridized carbons (Fsp3) is 0.278. The molecule has 0 aliphatic carbocycles. The molecule has 2 aromatic carbocycles. The van der Waals surface area contributed by atoms with Crippen molar-refractivity contribution >= 4 is 16.1 Å². The lowest BCUT2D eigenvalue weighted by molar-refractivity contribution is 0.0600. The lowest BCUT2D eigenvalue weighted by Gasteiger charge is -2.13. The number of rotatable bonds is 5. The number of aryl methyl sites for hydroxylation is 1. The Morgan fingerprint density at radius 2 is 1.67 bits per heavy atom. The third-order valence-electron chi connectivity index (χ3n) is 3.64. The largest absolute Gasteiger partial charge is 0.465 e. The molecular formula is C18H20O5S. The van der Waals surface area contributed by atoms with Crippen LogP contribution in [0.15, 0.2) is 47.4 Å². The lowest BCUT2D eigenvalue weighted by Crippen LogP contribution is -2.11. The summed E-state index contributed by atoms with van der Waals surface area (Å²) in [4.78, 5) is 11.4. The zero-order chi connectivity index (χ0) is 17.9. The normalized spacial score (nSPS) is 11.4. The number of carbonyl (C=O) groups excluding carboxylic acids is 1. The van der Waals surface area contributed by atoms with Crippen LogP contribution in [0.25, 0.3) is 0 Å². The van der Waals surface area contributed by atoms with E-state index in [0.717, 1.165) is 11.1 Å². The van der Waals surface area contributed by atoms with Crippen LogP contribution in [0.1, 0.15) is 41.3 Å². The van der Waals surface area contributed by atoms with E-state index in [4.69, 9.17) is 4.18 Å². The Morgan fingerprint density at radius 1 is 1.04 bits per heavy atom. The molecule has 0 bridgehead atoms. The Bertz CT molecular complexity index is 836. The van der Waals surface area contributed by atoms with Crippen LogP contribution in [0.2, 0.25) is 0 Å². The Hall–Kier alpha value is -2.34. The molecule has 0 heterocycles. The first-order chi connectivity index (χ1) is 11.2. The van der Waals surface area contributed by atoms with Gasteiger partial charge in [-0.25, -0.2) is 4.79 Å². The van der Waals surface area contributed by atoms with Crippen molar-refractivity contribution in [3.8, 4) is 5.75 Å². The Balaban J connectivity index is 2.32. The summed E-state index contributed by atoms with van der Waals surface area (Å²) in [5.74, 6) is 0.0357. The smallest absolute Gasteiger partial charge is 0.339 e. The molecule has 128 valence electrons. The summed E-state index contributed by atoms with van der Waals surface area (Å²) < 4.78 is 34.8. The van der Waals surface area contributed by atoms with Crippen LogP contribution in [0.5, 0.6) is 5.75 Å². The van der Waals surface area contributed by atoms with Crippen molar-refractivity contribution in [1.82, 2.24) is 0 Å². The Labute approximate surface area is 142 Å². The van der Waals surface area contributed by atoms with E-state index in [0.29, 0.717) is 5.75 Å². The van der Waals surface area contributed by atoms with Gasteiger partial charge in [-0.1, -0.05) is 26.0 Å². The van der Waals surface area contributed by atoms with Crippen LogP contribution in [0.4, 0.5) is 0 Å². The minimum Gasteiger partial charge on any atom is -0.465 e. The van der Waals surface area contributed by atoms with E-state index in [1.54, 1.807) is 13.0 Å². The van der Waals surface area contributed by atoms with Crippen LogP contribution in [-0.2, 0) is 14.9 Å². The second-order valence-corrected chi connectivity index (χ2v) is 7.28. The molecule has 0 aromatic heterocycles. The minimum absolute atomic E-state index is 0.0236. The van der Waals surface area contributed by atoms with Gasteiger partial charge in [-0.3, -0.25) is 0 Å². The molecule has 0 unspecified atom stereocenters. The number of carbonyl (C=O) groups is 1. The maximum atomic E-state index is 12.4. The molecule has 0 spiro atoms. The van der Waals surface area contributed by atoms with Crippen LogP contribution in [0, 0.1) is 6.92 Å². The molecule has 2 aromatic rings. The minimum atomic E-state index is -3.98. The Kier molecular flexibility index (Phi) is 5.29. The lowest BCUT2D eigenvalue weighted by atomic mass is 10.0. The molecule has 6 heteroatoms. The van der Waals surface area contributed by atoms with Gasteiger partial charge in [0.15, 0.2) is 0 Å². The highest BCUT2D eigenvalue weighted by Gasteiger charge is 2.19. The maximum Gasteiger partial charge on any atom is 0.339 e. The standard InChI is InChI=1S/C18H20O5S/c1-12(2)15-6-5-13(3)17(11-15)23-24(20,21)16-9-7-14(8-10-16)18(19)22-4/h5-12H,1-4H3. The fourth-order valence-electron chi connectivity index (χ4n) is 2.11. The van der Waals surface area contributed by atoms with Gasteiger partial charge in [0.1, 0.15) is 10.6 Å². The third-order valence-corrected chi connectivity index (χ3v) is 4.89.